The highest BCUT2D eigenvalue weighted by molar-refractivity contribution is 7.08. The van der Waals surface area contributed by atoms with Crippen molar-refractivity contribution in [2.45, 2.75) is 18.9 Å². The molecule has 1 fully saturated rings. The third-order valence-corrected chi connectivity index (χ3v) is 4.06. The number of aromatic nitrogens is 1. The number of pyridine rings is 1. The highest BCUT2D eigenvalue weighted by atomic mass is 32.1. The van der Waals surface area contributed by atoms with Crippen LogP contribution in [-0.4, -0.2) is 22.3 Å². The molecule has 3 nitrogen and oxygen atoms in total. The van der Waals surface area contributed by atoms with Crippen LogP contribution in [0.3, 0.4) is 0 Å². The zero-order chi connectivity index (χ0) is 12.4. The fraction of sp³-hybridized carbons (Fsp3) is 0.286. The third-order valence-electron chi connectivity index (χ3n) is 3.37. The van der Waals surface area contributed by atoms with Crippen molar-refractivity contribution in [2.75, 3.05) is 6.54 Å². The van der Waals surface area contributed by atoms with Crippen LogP contribution in [0.4, 0.5) is 0 Å². The Hall–Kier alpha value is -1.68. The Morgan fingerprint density at radius 1 is 1.33 bits per heavy atom. The summed E-state index contributed by atoms with van der Waals surface area (Å²) in [6.45, 7) is 0.849. The van der Waals surface area contributed by atoms with Crippen LogP contribution in [0, 0.1) is 0 Å². The van der Waals surface area contributed by atoms with E-state index in [1.165, 1.54) is 5.56 Å². The summed E-state index contributed by atoms with van der Waals surface area (Å²) in [6.07, 6.45) is 5.70. The van der Waals surface area contributed by atoms with Gasteiger partial charge >= 0.3 is 0 Å². The summed E-state index contributed by atoms with van der Waals surface area (Å²) in [4.78, 5) is 18.4. The second-order valence-electron chi connectivity index (χ2n) is 4.45. The number of carbonyl (C=O) groups is 1. The van der Waals surface area contributed by atoms with Gasteiger partial charge in [-0.25, -0.2) is 0 Å². The van der Waals surface area contributed by atoms with Crippen LogP contribution >= 0.6 is 11.3 Å². The molecule has 0 N–H and O–H groups in total. The van der Waals surface area contributed by atoms with E-state index in [2.05, 4.69) is 4.98 Å². The first-order valence-electron chi connectivity index (χ1n) is 6.09. The third kappa shape index (κ3) is 2.04. The number of nitrogens with zero attached hydrogens (tertiary/aromatic N) is 2. The second-order valence-corrected chi connectivity index (χ2v) is 5.23. The summed E-state index contributed by atoms with van der Waals surface area (Å²) < 4.78 is 0. The molecule has 2 aromatic heterocycles. The Bertz CT molecular complexity index is 524. The van der Waals surface area contributed by atoms with Crippen LogP contribution in [0.15, 0.2) is 41.4 Å². The molecule has 3 heterocycles. The van der Waals surface area contributed by atoms with Crippen LogP contribution in [-0.2, 0) is 0 Å². The maximum atomic E-state index is 12.4. The molecular formula is C14H14N2OS. The van der Waals surface area contributed by atoms with Crippen molar-refractivity contribution in [1.29, 1.82) is 0 Å². The summed E-state index contributed by atoms with van der Waals surface area (Å²) >= 11 is 1.57. The van der Waals surface area contributed by atoms with Crippen molar-refractivity contribution in [3.63, 3.8) is 0 Å². The van der Waals surface area contributed by atoms with Crippen LogP contribution in [0.5, 0.6) is 0 Å². The van der Waals surface area contributed by atoms with Crippen LogP contribution < -0.4 is 0 Å². The highest BCUT2D eigenvalue weighted by Crippen LogP contribution is 2.32. The standard InChI is InChI=1S/C14H14N2OS/c17-14(12-5-9-18-10-12)16-8-1-2-13(16)11-3-6-15-7-4-11/h3-7,9-10,13H,1-2,8H2/t13-/m0/s1. The van der Waals surface area contributed by atoms with Gasteiger partial charge in [0.15, 0.2) is 0 Å². The Morgan fingerprint density at radius 2 is 2.17 bits per heavy atom. The molecule has 0 aliphatic carbocycles. The average Bonchev–Trinajstić information content (AvgIpc) is 3.10. The topological polar surface area (TPSA) is 33.2 Å². The molecule has 1 saturated heterocycles. The van der Waals surface area contributed by atoms with Gasteiger partial charge in [-0.3, -0.25) is 9.78 Å². The fourth-order valence-electron chi connectivity index (χ4n) is 2.49. The van der Waals surface area contributed by atoms with E-state index in [1.807, 2.05) is 33.9 Å². The largest absolute Gasteiger partial charge is 0.332 e. The van der Waals surface area contributed by atoms with E-state index in [-0.39, 0.29) is 11.9 Å². The minimum absolute atomic E-state index is 0.149. The predicted octanol–water partition coefficient (Wildman–Crippen LogP) is 3.12. The minimum Gasteiger partial charge on any atom is -0.332 e. The molecule has 0 unspecified atom stereocenters. The number of hydrogen-bond acceptors (Lipinski definition) is 3. The predicted molar refractivity (Wildman–Crippen MR) is 71.6 cm³/mol. The van der Waals surface area contributed by atoms with Gasteiger partial charge < -0.3 is 4.90 Å². The number of likely N-dealkylation sites (tertiary alicyclic amines) is 1. The maximum absolute atomic E-state index is 12.4. The van der Waals surface area contributed by atoms with Crippen LogP contribution in [0.1, 0.15) is 34.8 Å². The zero-order valence-corrected chi connectivity index (χ0v) is 10.8. The Morgan fingerprint density at radius 3 is 2.89 bits per heavy atom. The van der Waals surface area contributed by atoms with E-state index < -0.39 is 0 Å². The summed E-state index contributed by atoms with van der Waals surface area (Å²) in [5, 5.41) is 3.87. The Balaban J connectivity index is 1.86. The lowest BCUT2D eigenvalue weighted by Gasteiger charge is -2.24. The smallest absolute Gasteiger partial charge is 0.255 e. The number of thiophene rings is 1. The van der Waals surface area contributed by atoms with Gasteiger partial charge in [0.05, 0.1) is 11.6 Å². The molecular weight excluding hydrogens is 244 g/mol. The molecule has 1 aliphatic heterocycles. The molecule has 1 amide bonds. The zero-order valence-electron chi connectivity index (χ0n) is 9.95. The molecule has 1 atom stereocenters. The second kappa shape index (κ2) is 4.90. The normalized spacial score (nSPS) is 19.1. The summed E-state index contributed by atoms with van der Waals surface area (Å²) in [7, 11) is 0. The van der Waals surface area contributed by atoms with Crippen molar-refractivity contribution in [1.82, 2.24) is 9.88 Å². The first-order chi connectivity index (χ1) is 8.86. The number of carbonyl (C=O) groups excluding carboxylic acids is 1. The van der Waals surface area contributed by atoms with Gasteiger partial charge in [0.25, 0.3) is 5.91 Å². The van der Waals surface area contributed by atoms with Gasteiger partial charge in [-0.2, -0.15) is 11.3 Å². The molecule has 0 bridgehead atoms. The summed E-state index contributed by atoms with van der Waals surface area (Å²) in [6, 6.07) is 6.11. The number of hydrogen-bond donors (Lipinski definition) is 0. The van der Waals surface area contributed by atoms with Gasteiger partial charge in [0.1, 0.15) is 0 Å². The van der Waals surface area contributed by atoms with E-state index in [0.29, 0.717) is 0 Å². The molecule has 3 rings (SSSR count). The molecule has 92 valence electrons. The molecule has 1 aliphatic rings. The molecule has 18 heavy (non-hydrogen) atoms. The highest BCUT2D eigenvalue weighted by Gasteiger charge is 2.30. The van der Waals surface area contributed by atoms with Crippen LogP contribution in [0.25, 0.3) is 0 Å². The number of amides is 1. The lowest BCUT2D eigenvalue weighted by Crippen LogP contribution is -2.30. The van der Waals surface area contributed by atoms with Crippen molar-refractivity contribution in [3.8, 4) is 0 Å². The van der Waals surface area contributed by atoms with E-state index in [0.717, 1.165) is 24.9 Å². The summed E-state index contributed by atoms with van der Waals surface area (Å²) in [5.74, 6) is 0.149. The quantitative estimate of drug-likeness (QED) is 0.829. The van der Waals surface area contributed by atoms with Gasteiger partial charge in [0, 0.05) is 24.3 Å². The summed E-state index contributed by atoms with van der Waals surface area (Å²) in [5.41, 5.74) is 1.99. The van der Waals surface area contributed by atoms with E-state index in [4.69, 9.17) is 0 Å². The first kappa shape index (κ1) is 11.4. The molecule has 2 aromatic rings. The lowest BCUT2D eigenvalue weighted by atomic mass is 10.1. The van der Waals surface area contributed by atoms with Gasteiger partial charge in [-0.15, -0.1) is 0 Å². The van der Waals surface area contributed by atoms with Gasteiger partial charge in [-0.05, 0) is 42.0 Å². The van der Waals surface area contributed by atoms with Crippen molar-refractivity contribution >= 4 is 17.2 Å². The van der Waals surface area contributed by atoms with E-state index in [1.54, 1.807) is 23.7 Å². The van der Waals surface area contributed by atoms with Crippen molar-refractivity contribution in [2.24, 2.45) is 0 Å². The van der Waals surface area contributed by atoms with Crippen molar-refractivity contribution < 1.29 is 4.79 Å². The molecule has 0 radical (unpaired) electrons. The average molecular weight is 258 g/mol. The Kier molecular flexibility index (Phi) is 3.11. The Labute approximate surface area is 110 Å². The maximum Gasteiger partial charge on any atom is 0.255 e. The first-order valence-corrected chi connectivity index (χ1v) is 7.03. The van der Waals surface area contributed by atoms with Gasteiger partial charge in [0.2, 0.25) is 0 Å². The van der Waals surface area contributed by atoms with Crippen LogP contribution in [0.2, 0.25) is 0 Å². The SMILES string of the molecule is O=C(c1ccsc1)N1CCC[C@H]1c1ccncc1. The van der Waals surface area contributed by atoms with E-state index in [9.17, 15) is 4.79 Å². The van der Waals surface area contributed by atoms with Gasteiger partial charge in [-0.1, -0.05) is 0 Å². The molecule has 0 aromatic carbocycles. The van der Waals surface area contributed by atoms with E-state index >= 15 is 0 Å². The molecule has 4 heteroatoms. The monoisotopic (exact) mass is 258 g/mol. The fourth-order valence-corrected chi connectivity index (χ4v) is 3.12. The molecule has 0 spiro atoms. The van der Waals surface area contributed by atoms with Crippen molar-refractivity contribution in [3.05, 3.63) is 52.5 Å². The number of rotatable bonds is 2. The lowest BCUT2D eigenvalue weighted by molar-refractivity contribution is 0.0736. The molecule has 0 saturated carbocycles. The minimum atomic E-state index is 0.149.